The van der Waals surface area contributed by atoms with Crippen molar-refractivity contribution in [1.82, 2.24) is 0 Å². The Morgan fingerprint density at radius 3 is 2.18 bits per heavy atom. The maximum atomic E-state index is 12.1. The van der Waals surface area contributed by atoms with Crippen molar-refractivity contribution in [3.8, 4) is 0 Å². The zero-order valence-corrected chi connectivity index (χ0v) is 17.1. The maximum absolute atomic E-state index is 12.1. The average Bonchev–Trinajstić information content (AvgIpc) is 2.45. The first-order valence-electron chi connectivity index (χ1n) is 9.13. The molecule has 0 amide bonds. The molecule has 0 spiro atoms. The predicted molar refractivity (Wildman–Crippen MR) is 100 cm³/mol. The summed E-state index contributed by atoms with van der Waals surface area (Å²) in [5.74, 6) is 0.623. The standard InChI is InChI=1S/C19H39O2P/c1-8-19(7,9-2)17(20)21-15-13-16(4)12-11-14-18(5,6)22-10-3/h16,22H,8-15H2,1-7H3. The minimum absolute atomic E-state index is 0.0185. The molecule has 0 aromatic heterocycles. The lowest BCUT2D eigenvalue weighted by Gasteiger charge is -2.25. The van der Waals surface area contributed by atoms with Gasteiger partial charge in [-0.1, -0.05) is 54.4 Å². The summed E-state index contributed by atoms with van der Waals surface area (Å²) in [6, 6.07) is 0. The quantitative estimate of drug-likeness (QED) is 0.322. The van der Waals surface area contributed by atoms with Crippen molar-refractivity contribution >= 4 is 14.6 Å². The van der Waals surface area contributed by atoms with Crippen LogP contribution in [-0.2, 0) is 9.53 Å². The molecule has 3 heteroatoms. The SMILES string of the molecule is CCPC(C)(C)CCCC(C)CCOC(=O)C(C)(CC)CC. The van der Waals surface area contributed by atoms with E-state index in [4.69, 9.17) is 4.74 Å². The number of carbonyl (C=O) groups is 1. The molecular weight excluding hydrogens is 291 g/mol. The van der Waals surface area contributed by atoms with E-state index in [0.717, 1.165) is 27.8 Å². The minimum atomic E-state index is -0.297. The highest BCUT2D eigenvalue weighted by Gasteiger charge is 2.30. The molecule has 0 radical (unpaired) electrons. The molecule has 2 nitrogen and oxygen atoms in total. The Morgan fingerprint density at radius 2 is 1.68 bits per heavy atom. The highest BCUT2D eigenvalue weighted by molar-refractivity contribution is 7.39. The summed E-state index contributed by atoms with van der Waals surface area (Å²) in [7, 11) is 1.07. The van der Waals surface area contributed by atoms with E-state index in [1.165, 1.54) is 25.4 Å². The van der Waals surface area contributed by atoms with Gasteiger partial charge >= 0.3 is 5.97 Å². The number of carbonyl (C=O) groups excluding carboxylic acids is 1. The van der Waals surface area contributed by atoms with Crippen molar-refractivity contribution in [2.75, 3.05) is 12.8 Å². The van der Waals surface area contributed by atoms with Crippen molar-refractivity contribution < 1.29 is 9.53 Å². The summed E-state index contributed by atoms with van der Waals surface area (Å²) < 4.78 is 5.51. The largest absolute Gasteiger partial charge is 0.465 e. The normalized spacial score (nSPS) is 14.5. The van der Waals surface area contributed by atoms with Crippen LogP contribution in [0, 0.1) is 11.3 Å². The Morgan fingerprint density at radius 1 is 1.09 bits per heavy atom. The van der Waals surface area contributed by atoms with Crippen LogP contribution in [0.5, 0.6) is 0 Å². The fraction of sp³-hybridized carbons (Fsp3) is 0.947. The van der Waals surface area contributed by atoms with Gasteiger partial charge in [0.15, 0.2) is 0 Å². The lowest BCUT2D eigenvalue weighted by atomic mass is 9.85. The molecule has 132 valence electrons. The number of ether oxygens (including phenoxy) is 1. The number of rotatable bonds is 12. The molecule has 0 bridgehead atoms. The second-order valence-electron chi connectivity index (χ2n) is 7.60. The second-order valence-corrected chi connectivity index (χ2v) is 10.0. The van der Waals surface area contributed by atoms with Gasteiger partial charge in [0.2, 0.25) is 0 Å². The van der Waals surface area contributed by atoms with Crippen molar-refractivity contribution in [3.05, 3.63) is 0 Å². The first kappa shape index (κ1) is 21.9. The van der Waals surface area contributed by atoms with Gasteiger partial charge in [-0.25, -0.2) is 0 Å². The third kappa shape index (κ3) is 8.51. The van der Waals surface area contributed by atoms with E-state index < -0.39 is 0 Å². The Labute approximate surface area is 140 Å². The Kier molecular flexibility index (Phi) is 10.6. The summed E-state index contributed by atoms with van der Waals surface area (Å²) in [6.45, 7) is 16.0. The molecule has 0 fully saturated rings. The van der Waals surface area contributed by atoms with E-state index in [0.29, 0.717) is 17.7 Å². The molecule has 0 aliphatic rings. The lowest BCUT2D eigenvalue weighted by molar-refractivity contribution is -0.155. The van der Waals surface area contributed by atoms with Crippen LogP contribution in [0.1, 0.15) is 87.0 Å². The summed E-state index contributed by atoms with van der Waals surface area (Å²) in [4.78, 5) is 12.1. The number of esters is 1. The van der Waals surface area contributed by atoms with Crippen LogP contribution in [0.15, 0.2) is 0 Å². The van der Waals surface area contributed by atoms with Gasteiger partial charge in [0.1, 0.15) is 0 Å². The van der Waals surface area contributed by atoms with Crippen molar-refractivity contribution in [1.29, 1.82) is 0 Å². The predicted octanol–water partition coefficient (Wildman–Crippen LogP) is 6.03. The van der Waals surface area contributed by atoms with Gasteiger partial charge in [0.25, 0.3) is 0 Å². The third-order valence-electron chi connectivity index (χ3n) is 5.05. The van der Waals surface area contributed by atoms with Crippen LogP contribution in [0.25, 0.3) is 0 Å². The first-order chi connectivity index (χ1) is 10.2. The minimum Gasteiger partial charge on any atom is -0.465 e. The Balaban J connectivity index is 3.91. The molecule has 0 aromatic rings. The molecule has 0 aliphatic carbocycles. The second kappa shape index (κ2) is 10.6. The zero-order chi connectivity index (χ0) is 17.2. The van der Waals surface area contributed by atoms with Gasteiger partial charge in [-0.15, -0.1) is 8.58 Å². The highest BCUT2D eigenvalue weighted by Crippen LogP contribution is 2.35. The lowest BCUT2D eigenvalue weighted by Crippen LogP contribution is -2.29. The van der Waals surface area contributed by atoms with E-state index in [1.54, 1.807) is 0 Å². The average molecular weight is 330 g/mol. The molecule has 0 N–H and O–H groups in total. The zero-order valence-electron chi connectivity index (χ0n) is 16.1. The van der Waals surface area contributed by atoms with Crippen molar-refractivity contribution in [2.24, 2.45) is 11.3 Å². The van der Waals surface area contributed by atoms with Crippen LogP contribution in [0.2, 0.25) is 0 Å². The van der Waals surface area contributed by atoms with E-state index in [2.05, 4.69) is 41.5 Å². The van der Waals surface area contributed by atoms with E-state index in [9.17, 15) is 4.79 Å². The summed E-state index contributed by atoms with van der Waals surface area (Å²) in [5.41, 5.74) is -0.297. The van der Waals surface area contributed by atoms with Gasteiger partial charge in [0.05, 0.1) is 12.0 Å². The van der Waals surface area contributed by atoms with Gasteiger partial charge in [0, 0.05) is 0 Å². The van der Waals surface area contributed by atoms with Crippen molar-refractivity contribution in [2.45, 2.75) is 92.1 Å². The summed E-state index contributed by atoms with van der Waals surface area (Å²) in [5, 5.41) is 0.505. The molecule has 0 aliphatic heterocycles. The van der Waals surface area contributed by atoms with Crippen LogP contribution >= 0.6 is 8.58 Å². The molecule has 22 heavy (non-hydrogen) atoms. The van der Waals surface area contributed by atoms with Gasteiger partial charge in [-0.3, -0.25) is 4.79 Å². The summed E-state index contributed by atoms with van der Waals surface area (Å²) >= 11 is 0. The van der Waals surface area contributed by atoms with E-state index >= 15 is 0 Å². The fourth-order valence-corrected chi connectivity index (χ4v) is 3.98. The molecule has 2 unspecified atom stereocenters. The highest BCUT2D eigenvalue weighted by atomic mass is 31.1. The molecule has 0 saturated heterocycles. The van der Waals surface area contributed by atoms with Crippen molar-refractivity contribution in [3.63, 3.8) is 0 Å². The van der Waals surface area contributed by atoms with Gasteiger partial charge in [-0.05, 0) is 49.8 Å². The monoisotopic (exact) mass is 330 g/mol. The van der Waals surface area contributed by atoms with Gasteiger partial charge in [-0.2, -0.15) is 0 Å². The third-order valence-corrected chi connectivity index (χ3v) is 6.61. The van der Waals surface area contributed by atoms with Crippen LogP contribution in [-0.4, -0.2) is 23.9 Å². The first-order valence-corrected chi connectivity index (χ1v) is 10.3. The fourth-order valence-electron chi connectivity index (χ4n) is 2.67. The van der Waals surface area contributed by atoms with E-state index in [-0.39, 0.29) is 11.4 Å². The molecule has 0 aromatic carbocycles. The van der Waals surface area contributed by atoms with E-state index in [1.807, 2.05) is 6.92 Å². The smallest absolute Gasteiger partial charge is 0.311 e. The molecule has 0 saturated carbocycles. The van der Waals surface area contributed by atoms with Crippen LogP contribution < -0.4 is 0 Å². The number of hydrogen-bond donors (Lipinski definition) is 0. The number of hydrogen-bond acceptors (Lipinski definition) is 2. The van der Waals surface area contributed by atoms with Gasteiger partial charge < -0.3 is 4.74 Å². The molecule has 0 rings (SSSR count). The van der Waals surface area contributed by atoms with Crippen LogP contribution in [0.3, 0.4) is 0 Å². The molecule has 2 atom stereocenters. The summed E-state index contributed by atoms with van der Waals surface area (Å²) in [6.07, 6.45) is 7.84. The topological polar surface area (TPSA) is 26.3 Å². The van der Waals surface area contributed by atoms with Crippen LogP contribution in [0.4, 0.5) is 0 Å². The maximum Gasteiger partial charge on any atom is 0.311 e. The molecular formula is C19H39O2P. The molecule has 0 heterocycles. The Bertz CT molecular complexity index is 309. The Hall–Kier alpha value is -0.100.